The number of rotatable bonds is 5. The van der Waals surface area contributed by atoms with Gasteiger partial charge >= 0.3 is 0 Å². The summed E-state index contributed by atoms with van der Waals surface area (Å²) in [5.74, 6) is 1.71. The van der Waals surface area contributed by atoms with E-state index in [1.807, 2.05) is 31.3 Å². The van der Waals surface area contributed by atoms with Gasteiger partial charge in [0.05, 0.1) is 5.56 Å². The summed E-state index contributed by atoms with van der Waals surface area (Å²) < 4.78 is 10.8. The molecular weight excluding hydrogens is 242 g/mol. The maximum absolute atomic E-state index is 5.47. The highest BCUT2D eigenvalue weighted by atomic mass is 16.5. The van der Waals surface area contributed by atoms with E-state index in [-0.39, 0.29) is 6.10 Å². The highest BCUT2D eigenvalue weighted by Crippen LogP contribution is 2.42. The van der Waals surface area contributed by atoms with Crippen molar-refractivity contribution in [3.05, 3.63) is 30.1 Å². The predicted molar refractivity (Wildman–Crippen MR) is 71.8 cm³/mol. The van der Waals surface area contributed by atoms with Gasteiger partial charge in [-0.05, 0) is 30.9 Å². The van der Waals surface area contributed by atoms with Crippen molar-refractivity contribution in [2.24, 2.45) is 5.92 Å². The van der Waals surface area contributed by atoms with Gasteiger partial charge in [-0.15, -0.1) is 0 Å². The van der Waals surface area contributed by atoms with Gasteiger partial charge in [-0.3, -0.25) is 0 Å². The van der Waals surface area contributed by atoms with Crippen molar-refractivity contribution in [3.63, 3.8) is 0 Å². The number of methoxy groups -OCH3 is 1. The smallest absolute Gasteiger partial charge is 0.260 e. The summed E-state index contributed by atoms with van der Waals surface area (Å²) in [5, 5.41) is 7.18. The molecule has 5 heteroatoms. The molecule has 1 aromatic carbocycles. The highest BCUT2D eigenvalue weighted by molar-refractivity contribution is 5.72. The molecule has 1 atom stereocenters. The van der Waals surface area contributed by atoms with E-state index in [1.54, 1.807) is 7.11 Å². The molecule has 1 saturated carbocycles. The molecule has 1 N–H and O–H groups in total. The van der Waals surface area contributed by atoms with E-state index in [0.29, 0.717) is 17.6 Å². The van der Waals surface area contributed by atoms with Crippen LogP contribution in [0.4, 0.5) is 5.69 Å². The summed E-state index contributed by atoms with van der Waals surface area (Å²) in [6.07, 6.45) is 2.31. The van der Waals surface area contributed by atoms with Gasteiger partial charge in [0.25, 0.3) is 5.89 Å². The monoisotopic (exact) mass is 259 g/mol. The number of benzene rings is 1. The lowest BCUT2D eigenvalue weighted by molar-refractivity contribution is 0.0751. The van der Waals surface area contributed by atoms with Crippen LogP contribution >= 0.6 is 0 Å². The molecule has 100 valence electrons. The molecule has 0 amide bonds. The van der Waals surface area contributed by atoms with Crippen LogP contribution in [0.5, 0.6) is 0 Å². The average Bonchev–Trinajstić information content (AvgIpc) is 3.17. The Balaban J connectivity index is 1.92. The van der Waals surface area contributed by atoms with Gasteiger partial charge in [-0.25, -0.2) is 0 Å². The largest absolute Gasteiger partial charge is 0.387 e. The fourth-order valence-corrected chi connectivity index (χ4v) is 2.26. The van der Waals surface area contributed by atoms with Crippen LogP contribution in [0.2, 0.25) is 0 Å². The minimum absolute atomic E-state index is 0.0424. The highest BCUT2D eigenvalue weighted by Gasteiger charge is 2.35. The van der Waals surface area contributed by atoms with E-state index in [1.165, 1.54) is 12.8 Å². The second-order valence-electron chi connectivity index (χ2n) is 4.75. The number of ether oxygens (including phenoxy) is 1. The number of aromatic nitrogens is 2. The first kappa shape index (κ1) is 12.2. The van der Waals surface area contributed by atoms with E-state index in [2.05, 4.69) is 15.5 Å². The summed E-state index contributed by atoms with van der Waals surface area (Å²) >= 11 is 0. The molecule has 0 bridgehead atoms. The molecule has 0 spiro atoms. The Labute approximate surface area is 112 Å². The van der Waals surface area contributed by atoms with Crippen molar-refractivity contribution in [2.45, 2.75) is 18.9 Å². The molecule has 1 heterocycles. The van der Waals surface area contributed by atoms with Gasteiger partial charge in [0.1, 0.15) is 6.10 Å². The molecule has 0 radical (unpaired) electrons. The summed E-state index contributed by atoms with van der Waals surface area (Å²) in [6.45, 7) is 0. The lowest BCUT2D eigenvalue weighted by atomic mass is 10.1. The Morgan fingerprint density at radius 2 is 2.16 bits per heavy atom. The van der Waals surface area contributed by atoms with Crippen LogP contribution in [-0.4, -0.2) is 24.3 Å². The van der Waals surface area contributed by atoms with Crippen LogP contribution in [0.1, 0.15) is 24.8 Å². The topological polar surface area (TPSA) is 60.2 Å². The first-order valence-electron chi connectivity index (χ1n) is 6.47. The van der Waals surface area contributed by atoms with Crippen LogP contribution in [0.25, 0.3) is 11.5 Å². The van der Waals surface area contributed by atoms with Crippen molar-refractivity contribution < 1.29 is 9.26 Å². The predicted octanol–water partition coefficient (Wildman–Crippen LogP) is 2.88. The second kappa shape index (κ2) is 5.01. The lowest BCUT2D eigenvalue weighted by Gasteiger charge is -2.08. The standard InChI is InChI=1S/C14H17N3O2/c1-15-11-6-4-3-5-10(11)14-16-13(17-19-14)12(18-2)9-7-8-9/h3-6,9,12,15H,7-8H2,1-2H3. The molecule has 1 aromatic heterocycles. The zero-order valence-corrected chi connectivity index (χ0v) is 11.1. The van der Waals surface area contributed by atoms with Crippen LogP contribution in [0, 0.1) is 5.92 Å². The van der Waals surface area contributed by atoms with Gasteiger partial charge < -0.3 is 14.6 Å². The molecule has 0 aliphatic heterocycles. The number of para-hydroxylation sites is 1. The maximum atomic E-state index is 5.47. The molecule has 1 aliphatic carbocycles. The summed E-state index contributed by atoms with van der Waals surface area (Å²) in [5.41, 5.74) is 1.88. The number of nitrogens with one attached hydrogen (secondary N) is 1. The Kier molecular flexibility index (Phi) is 3.21. The van der Waals surface area contributed by atoms with Gasteiger partial charge in [0.2, 0.25) is 5.82 Å². The lowest BCUT2D eigenvalue weighted by Crippen LogP contribution is -2.05. The second-order valence-corrected chi connectivity index (χ2v) is 4.75. The van der Waals surface area contributed by atoms with Crippen molar-refractivity contribution in [1.82, 2.24) is 10.1 Å². The van der Waals surface area contributed by atoms with Gasteiger partial charge in [0, 0.05) is 19.8 Å². The normalized spacial score (nSPS) is 16.3. The molecule has 5 nitrogen and oxygen atoms in total. The van der Waals surface area contributed by atoms with Crippen molar-refractivity contribution in [1.29, 1.82) is 0 Å². The molecule has 2 aromatic rings. The van der Waals surface area contributed by atoms with Gasteiger partial charge in [-0.1, -0.05) is 17.3 Å². The molecule has 1 unspecified atom stereocenters. The first-order valence-corrected chi connectivity index (χ1v) is 6.47. The quantitative estimate of drug-likeness (QED) is 0.894. The van der Waals surface area contributed by atoms with Crippen LogP contribution in [0.3, 0.4) is 0 Å². The molecular formula is C14H17N3O2. The minimum Gasteiger partial charge on any atom is -0.387 e. The molecule has 0 saturated heterocycles. The number of anilines is 1. The Morgan fingerprint density at radius 1 is 1.37 bits per heavy atom. The Morgan fingerprint density at radius 3 is 2.84 bits per heavy atom. The third-order valence-electron chi connectivity index (χ3n) is 3.43. The van der Waals surface area contributed by atoms with E-state index >= 15 is 0 Å². The van der Waals surface area contributed by atoms with Crippen LogP contribution in [0.15, 0.2) is 28.8 Å². The van der Waals surface area contributed by atoms with Crippen molar-refractivity contribution >= 4 is 5.69 Å². The first-order chi connectivity index (χ1) is 9.33. The Bertz CT molecular complexity index is 563. The van der Waals surface area contributed by atoms with Crippen molar-refractivity contribution in [3.8, 4) is 11.5 Å². The summed E-state index contributed by atoms with van der Waals surface area (Å²) in [7, 11) is 3.57. The summed E-state index contributed by atoms with van der Waals surface area (Å²) in [4.78, 5) is 4.48. The molecule has 1 aliphatic rings. The van der Waals surface area contributed by atoms with E-state index in [4.69, 9.17) is 9.26 Å². The Hall–Kier alpha value is -1.88. The fourth-order valence-electron chi connectivity index (χ4n) is 2.26. The third-order valence-corrected chi connectivity index (χ3v) is 3.43. The van der Waals surface area contributed by atoms with Crippen LogP contribution in [-0.2, 0) is 4.74 Å². The number of hydrogen-bond donors (Lipinski definition) is 1. The number of hydrogen-bond acceptors (Lipinski definition) is 5. The number of nitrogens with zero attached hydrogens (tertiary/aromatic N) is 2. The van der Waals surface area contributed by atoms with Gasteiger partial charge in [-0.2, -0.15) is 4.98 Å². The third kappa shape index (κ3) is 2.33. The maximum Gasteiger partial charge on any atom is 0.260 e. The molecule has 3 rings (SSSR count). The van der Waals surface area contributed by atoms with E-state index < -0.39 is 0 Å². The molecule has 19 heavy (non-hydrogen) atoms. The minimum atomic E-state index is -0.0424. The molecule has 1 fully saturated rings. The zero-order chi connectivity index (χ0) is 13.2. The fraction of sp³-hybridized carbons (Fsp3) is 0.429. The SMILES string of the molecule is CNc1ccccc1-c1nc(C(OC)C2CC2)no1. The van der Waals surface area contributed by atoms with Crippen LogP contribution < -0.4 is 5.32 Å². The van der Waals surface area contributed by atoms with E-state index in [9.17, 15) is 0 Å². The zero-order valence-electron chi connectivity index (χ0n) is 11.1. The van der Waals surface area contributed by atoms with Gasteiger partial charge in [0.15, 0.2) is 0 Å². The average molecular weight is 259 g/mol. The van der Waals surface area contributed by atoms with E-state index in [0.717, 1.165) is 11.3 Å². The van der Waals surface area contributed by atoms with Crippen molar-refractivity contribution in [2.75, 3.05) is 19.5 Å². The summed E-state index contributed by atoms with van der Waals surface area (Å²) in [6, 6.07) is 7.86.